The molecule has 1 atom stereocenters. The van der Waals surface area contributed by atoms with E-state index in [1.54, 1.807) is 18.9 Å². The van der Waals surface area contributed by atoms with Crippen LogP contribution in [0.2, 0.25) is 0 Å². The smallest absolute Gasteiger partial charge is 0.243 e. The van der Waals surface area contributed by atoms with E-state index < -0.39 is 6.04 Å². The van der Waals surface area contributed by atoms with Gasteiger partial charge in [0.25, 0.3) is 0 Å². The van der Waals surface area contributed by atoms with Gasteiger partial charge in [0, 0.05) is 24.5 Å². The Kier molecular flexibility index (Phi) is 5.92. The fourth-order valence-corrected chi connectivity index (χ4v) is 3.14. The van der Waals surface area contributed by atoms with Crippen molar-refractivity contribution in [1.29, 1.82) is 0 Å². The van der Waals surface area contributed by atoms with E-state index in [4.69, 9.17) is 4.74 Å². The molecule has 2 N–H and O–H groups in total. The van der Waals surface area contributed by atoms with Crippen molar-refractivity contribution in [2.75, 3.05) is 25.2 Å². The van der Waals surface area contributed by atoms with Crippen molar-refractivity contribution in [2.45, 2.75) is 18.9 Å². The summed E-state index contributed by atoms with van der Waals surface area (Å²) in [6.45, 7) is 0.524. The molecule has 1 aromatic rings. The van der Waals surface area contributed by atoms with Crippen LogP contribution in [0.5, 0.6) is 5.75 Å². The summed E-state index contributed by atoms with van der Waals surface area (Å²) >= 11 is 1.63. The van der Waals surface area contributed by atoms with Crippen molar-refractivity contribution in [1.82, 2.24) is 10.6 Å². The van der Waals surface area contributed by atoms with Crippen LogP contribution in [0.1, 0.15) is 12.0 Å². The zero-order chi connectivity index (χ0) is 15.1. The molecule has 114 valence electrons. The van der Waals surface area contributed by atoms with Gasteiger partial charge in [-0.1, -0.05) is 18.2 Å². The fraction of sp³-hybridized carbons (Fsp3) is 0.467. The first-order chi connectivity index (χ1) is 10.2. The summed E-state index contributed by atoms with van der Waals surface area (Å²) in [5.41, 5.74) is 1.06. The Labute approximate surface area is 128 Å². The highest BCUT2D eigenvalue weighted by Crippen LogP contribution is 2.17. The minimum Gasteiger partial charge on any atom is -0.496 e. The molecule has 5 nitrogen and oxygen atoms in total. The summed E-state index contributed by atoms with van der Waals surface area (Å²) in [6, 6.07) is 7.32. The highest BCUT2D eigenvalue weighted by atomic mass is 32.2. The Bertz CT molecular complexity index is 507. The molecule has 1 heterocycles. The van der Waals surface area contributed by atoms with Crippen molar-refractivity contribution < 1.29 is 14.3 Å². The molecular formula is C15H20N2O3S. The number of ether oxygens (including phenoxy) is 1. The Morgan fingerprint density at radius 3 is 3.10 bits per heavy atom. The lowest BCUT2D eigenvalue weighted by atomic mass is 10.1. The molecule has 2 amide bonds. The monoisotopic (exact) mass is 308 g/mol. The largest absolute Gasteiger partial charge is 0.496 e. The quantitative estimate of drug-likeness (QED) is 0.851. The van der Waals surface area contributed by atoms with Gasteiger partial charge in [-0.05, 0) is 18.1 Å². The van der Waals surface area contributed by atoms with Gasteiger partial charge in [0.1, 0.15) is 11.8 Å². The maximum absolute atomic E-state index is 12.1. The molecular weight excluding hydrogens is 288 g/mol. The van der Waals surface area contributed by atoms with Gasteiger partial charge < -0.3 is 15.4 Å². The summed E-state index contributed by atoms with van der Waals surface area (Å²) in [4.78, 5) is 23.5. The molecule has 2 rings (SSSR count). The van der Waals surface area contributed by atoms with Crippen LogP contribution >= 0.6 is 11.8 Å². The van der Waals surface area contributed by atoms with Gasteiger partial charge >= 0.3 is 0 Å². The zero-order valence-corrected chi connectivity index (χ0v) is 12.9. The minimum atomic E-state index is -0.428. The number of hydrogen-bond acceptors (Lipinski definition) is 4. The summed E-state index contributed by atoms with van der Waals surface area (Å²) in [7, 11) is 1.63. The number of carbonyl (C=O) groups excluding carboxylic acids is 2. The van der Waals surface area contributed by atoms with Crippen LogP contribution in [0, 0.1) is 0 Å². The van der Waals surface area contributed by atoms with Crippen LogP contribution in [0.25, 0.3) is 0 Å². The Morgan fingerprint density at radius 2 is 2.29 bits per heavy atom. The van der Waals surface area contributed by atoms with Crippen molar-refractivity contribution >= 4 is 23.6 Å². The van der Waals surface area contributed by atoms with Gasteiger partial charge in [-0.25, -0.2) is 0 Å². The molecule has 1 fully saturated rings. The first-order valence-corrected chi connectivity index (χ1v) is 8.13. The van der Waals surface area contributed by atoms with Gasteiger partial charge in [0.2, 0.25) is 11.8 Å². The number of thioether (sulfide) groups is 1. The standard InChI is InChI=1S/C15H20N2O3S/c1-20-13-5-3-2-4-11(13)6-8-16-15(19)12-10-21-9-7-14(18)17-12/h2-5,12H,6-10H2,1H3,(H,16,19)(H,17,18)/t12-/m1/s1. The summed E-state index contributed by atoms with van der Waals surface area (Å²) in [5.74, 6) is 2.06. The molecule has 1 aliphatic heterocycles. The van der Waals surface area contributed by atoms with Crippen LogP contribution in [-0.4, -0.2) is 43.0 Å². The average molecular weight is 308 g/mol. The Hall–Kier alpha value is -1.69. The number of nitrogens with one attached hydrogen (secondary N) is 2. The molecule has 1 aliphatic rings. The van der Waals surface area contributed by atoms with E-state index in [2.05, 4.69) is 10.6 Å². The second kappa shape index (κ2) is 7.93. The molecule has 0 spiro atoms. The molecule has 1 aromatic carbocycles. The number of hydrogen-bond donors (Lipinski definition) is 2. The van der Waals surface area contributed by atoms with Crippen molar-refractivity contribution in [3.05, 3.63) is 29.8 Å². The number of amides is 2. The van der Waals surface area contributed by atoms with Crippen LogP contribution in [-0.2, 0) is 16.0 Å². The number of para-hydroxylation sites is 1. The van der Waals surface area contributed by atoms with E-state index in [9.17, 15) is 9.59 Å². The first-order valence-electron chi connectivity index (χ1n) is 6.97. The summed E-state index contributed by atoms with van der Waals surface area (Å²) in [6.07, 6.45) is 1.18. The minimum absolute atomic E-state index is 0.0510. The molecule has 6 heteroatoms. The zero-order valence-electron chi connectivity index (χ0n) is 12.1. The SMILES string of the molecule is COc1ccccc1CCNC(=O)[C@H]1CSCCC(=O)N1. The number of rotatable bonds is 5. The lowest BCUT2D eigenvalue weighted by Crippen LogP contribution is -2.47. The normalized spacial score (nSPS) is 18.5. The number of carbonyl (C=O) groups is 2. The Morgan fingerprint density at radius 1 is 1.48 bits per heavy atom. The maximum atomic E-state index is 12.1. The van der Waals surface area contributed by atoms with Crippen molar-refractivity contribution in [3.8, 4) is 5.75 Å². The van der Waals surface area contributed by atoms with E-state index in [1.165, 1.54) is 0 Å². The van der Waals surface area contributed by atoms with E-state index in [-0.39, 0.29) is 11.8 Å². The third-order valence-corrected chi connectivity index (χ3v) is 4.36. The lowest BCUT2D eigenvalue weighted by molar-refractivity contribution is -0.128. The highest BCUT2D eigenvalue weighted by Gasteiger charge is 2.22. The topological polar surface area (TPSA) is 67.4 Å². The predicted molar refractivity (Wildman–Crippen MR) is 83.6 cm³/mol. The second-order valence-electron chi connectivity index (χ2n) is 4.80. The summed E-state index contributed by atoms with van der Waals surface area (Å²) in [5, 5.41) is 5.63. The highest BCUT2D eigenvalue weighted by molar-refractivity contribution is 7.99. The van der Waals surface area contributed by atoms with Gasteiger partial charge in [-0.3, -0.25) is 9.59 Å². The number of benzene rings is 1. The van der Waals surface area contributed by atoms with E-state index in [0.717, 1.165) is 17.1 Å². The summed E-state index contributed by atoms with van der Waals surface area (Å²) < 4.78 is 5.28. The van der Waals surface area contributed by atoms with Crippen molar-refractivity contribution in [2.24, 2.45) is 0 Å². The van der Waals surface area contributed by atoms with Crippen LogP contribution in [0.4, 0.5) is 0 Å². The molecule has 21 heavy (non-hydrogen) atoms. The predicted octanol–water partition coefficient (Wildman–Crippen LogP) is 0.976. The van der Waals surface area contributed by atoms with Gasteiger partial charge in [0.05, 0.1) is 7.11 Å². The van der Waals surface area contributed by atoms with Crippen LogP contribution in [0.3, 0.4) is 0 Å². The third kappa shape index (κ3) is 4.67. The first kappa shape index (κ1) is 15.7. The molecule has 1 saturated heterocycles. The molecule has 0 bridgehead atoms. The van der Waals surface area contributed by atoms with E-state index in [0.29, 0.717) is 25.1 Å². The lowest BCUT2D eigenvalue weighted by Gasteiger charge is -2.15. The van der Waals surface area contributed by atoms with Gasteiger partial charge in [-0.15, -0.1) is 0 Å². The molecule has 0 aromatic heterocycles. The molecule has 0 saturated carbocycles. The second-order valence-corrected chi connectivity index (χ2v) is 5.95. The third-order valence-electron chi connectivity index (χ3n) is 3.30. The van der Waals surface area contributed by atoms with Gasteiger partial charge in [0.15, 0.2) is 0 Å². The Balaban J connectivity index is 1.82. The molecule has 0 aliphatic carbocycles. The van der Waals surface area contributed by atoms with Crippen LogP contribution in [0.15, 0.2) is 24.3 Å². The molecule has 0 unspecified atom stereocenters. The van der Waals surface area contributed by atoms with Gasteiger partial charge in [-0.2, -0.15) is 11.8 Å². The molecule has 0 radical (unpaired) electrons. The van der Waals surface area contributed by atoms with Crippen molar-refractivity contribution in [3.63, 3.8) is 0 Å². The number of methoxy groups -OCH3 is 1. The van der Waals surface area contributed by atoms with Crippen LogP contribution < -0.4 is 15.4 Å². The van der Waals surface area contributed by atoms with E-state index >= 15 is 0 Å². The average Bonchev–Trinajstić information content (AvgIpc) is 2.72. The fourth-order valence-electron chi connectivity index (χ4n) is 2.17. The maximum Gasteiger partial charge on any atom is 0.243 e. The van der Waals surface area contributed by atoms with E-state index in [1.807, 2.05) is 24.3 Å².